The lowest BCUT2D eigenvalue weighted by Crippen LogP contribution is -2.27. The van der Waals surface area contributed by atoms with Crippen LogP contribution in [0.2, 0.25) is 0 Å². The molecule has 0 radical (unpaired) electrons. The van der Waals surface area contributed by atoms with Crippen molar-refractivity contribution in [1.29, 1.82) is 0 Å². The lowest BCUT2D eigenvalue weighted by atomic mass is 10.3. The van der Waals surface area contributed by atoms with E-state index in [4.69, 9.17) is 4.52 Å². The fourth-order valence-corrected chi connectivity index (χ4v) is 2.37. The summed E-state index contributed by atoms with van der Waals surface area (Å²) < 4.78 is 5.03. The molecule has 0 saturated carbocycles. The zero-order chi connectivity index (χ0) is 13.1. The van der Waals surface area contributed by atoms with E-state index >= 15 is 0 Å². The van der Waals surface area contributed by atoms with Crippen LogP contribution >= 0.6 is 11.3 Å². The molecule has 2 aromatic heterocycles. The van der Waals surface area contributed by atoms with E-state index in [9.17, 15) is 4.79 Å². The number of aromatic nitrogens is 2. The first-order chi connectivity index (χ1) is 8.54. The standard InChI is InChI=1S/C12H15N3O2S/c1-8-4-10(17-14-8)5-12(16)15(3)6-11-13-9(2)7-18-11/h4,7H,5-6H2,1-3H3. The van der Waals surface area contributed by atoms with Gasteiger partial charge in [-0.2, -0.15) is 0 Å². The second-order valence-electron chi connectivity index (χ2n) is 4.24. The number of thiazole rings is 1. The van der Waals surface area contributed by atoms with E-state index in [-0.39, 0.29) is 12.3 Å². The van der Waals surface area contributed by atoms with Gasteiger partial charge in [0.05, 0.1) is 18.7 Å². The zero-order valence-electron chi connectivity index (χ0n) is 10.6. The number of hydrogen-bond donors (Lipinski definition) is 0. The van der Waals surface area contributed by atoms with Crippen molar-refractivity contribution in [1.82, 2.24) is 15.0 Å². The third kappa shape index (κ3) is 3.16. The Kier molecular flexibility index (Phi) is 3.76. The molecule has 6 heteroatoms. The fourth-order valence-electron chi connectivity index (χ4n) is 1.55. The lowest BCUT2D eigenvalue weighted by Gasteiger charge is -2.14. The van der Waals surface area contributed by atoms with E-state index in [0.717, 1.165) is 16.4 Å². The van der Waals surface area contributed by atoms with Crippen LogP contribution < -0.4 is 0 Å². The van der Waals surface area contributed by atoms with E-state index in [0.29, 0.717) is 12.3 Å². The van der Waals surface area contributed by atoms with Crippen LogP contribution in [0, 0.1) is 13.8 Å². The monoisotopic (exact) mass is 265 g/mol. The van der Waals surface area contributed by atoms with Gasteiger partial charge >= 0.3 is 0 Å². The van der Waals surface area contributed by atoms with Crippen LogP contribution in [0.4, 0.5) is 0 Å². The Morgan fingerprint density at radius 3 is 2.78 bits per heavy atom. The molecule has 96 valence electrons. The molecule has 0 aliphatic heterocycles. The molecule has 5 nitrogen and oxygen atoms in total. The molecular formula is C12H15N3O2S. The number of hydrogen-bond acceptors (Lipinski definition) is 5. The van der Waals surface area contributed by atoms with Crippen molar-refractivity contribution in [2.75, 3.05) is 7.05 Å². The summed E-state index contributed by atoms with van der Waals surface area (Å²) in [7, 11) is 1.77. The van der Waals surface area contributed by atoms with Gasteiger partial charge in [-0.1, -0.05) is 5.16 Å². The topological polar surface area (TPSA) is 59.2 Å². The fraction of sp³-hybridized carbons (Fsp3) is 0.417. The minimum atomic E-state index is -0.000923. The Morgan fingerprint density at radius 1 is 1.44 bits per heavy atom. The normalized spacial score (nSPS) is 10.6. The van der Waals surface area contributed by atoms with Gasteiger partial charge in [0.2, 0.25) is 5.91 Å². The van der Waals surface area contributed by atoms with Crippen molar-refractivity contribution in [3.63, 3.8) is 0 Å². The van der Waals surface area contributed by atoms with Gasteiger partial charge in [0, 0.05) is 24.2 Å². The molecule has 0 aromatic carbocycles. The largest absolute Gasteiger partial charge is 0.361 e. The van der Waals surface area contributed by atoms with Gasteiger partial charge in [-0.05, 0) is 13.8 Å². The second kappa shape index (κ2) is 5.30. The van der Waals surface area contributed by atoms with Gasteiger partial charge in [0.1, 0.15) is 10.8 Å². The molecule has 0 saturated heterocycles. The van der Waals surface area contributed by atoms with Crippen LogP contribution in [0.25, 0.3) is 0 Å². The molecule has 0 N–H and O–H groups in total. The molecule has 0 atom stereocenters. The average Bonchev–Trinajstić information content (AvgIpc) is 2.88. The van der Waals surface area contributed by atoms with Crippen LogP contribution in [-0.2, 0) is 17.8 Å². The van der Waals surface area contributed by atoms with Gasteiger partial charge in [-0.25, -0.2) is 4.98 Å². The number of aryl methyl sites for hydroxylation is 2. The highest BCUT2D eigenvalue weighted by Gasteiger charge is 2.14. The Labute approximate surface area is 109 Å². The summed E-state index contributed by atoms with van der Waals surface area (Å²) in [6.45, 7) is 4.31. The van der Waals surface area contributed by atoms with Crippen molar-refractivity contribution in [2.45, 2.75) is 26.8 Å². The predicted octanol–water partition coefficient (Wildman–Crippen LogP) is 1.95. The van der Waals surface area contributed by atoms with E-state index in [1.807, 2.05) is 19.2 Å². The van der Waals surface area contributed by atoms with Crippen LogP contribution in [0.5, 0.6) is 0 Å². The average molecular weight is 265 g/mol. The third-order valence-electron chi connectivity index (χ3n) is 2.47. The molecule has 0 unspecified atom stereocenters. The van der Waals surface area contributed by atoms with Crippen molar-refractivity contribution >= 4 is 17.2 Å². The summed E-state index contributed by atoms with van der Waals surface area (Å²) in [5, 5.41) is 6.68. The van der Waals surface area contributed by atoms with Crippen LogP contribution in [-0.4, -0.2) is 28.0 Å². The van der Waals surface area contributed by atoms with E-state index in [1.54, 1.807) is 29.4 Å². The molecule has 18 heavy (non-hydrogen) atoms. The summed E-state index contributed by atoms with van der Waals surface area (Å²) in [5.41, 5.74) is 1.78. The maximum atomic E-state index is 11.9. The SMILES string of the molecule is Cc1cc(CC(=O)N(C)Cc2nc(C)cs2)on1. The molecular weight excluding hydrogens is 250 g/mol. The molecule has 2 aromatic rings. The lowest BCUT2D eigenvalue weighted by molar-refractivity contribution is -0.130. The molecule has 0 aliphatic rings. The van der Waals surface area contributed by atoms with Gasteiger partial charge in [-0.3, -0.25) is 4.79 Å². The number of carbonyl (C=O) groups is 1. The van der Waals surface area contributed by atoms with Gasteiger partial charge < -0.3 is 9.42 Å². The number of likely N-dealkylation sites (N-methyl/N-ethyl adjacent to an activating group) is 1. The highest BCUT2D eigenvalue weighted by molar-refractivity contribution is 7.09. The number of nitrogens with zero attached hydrogens (tertiary/aromatic N) is 3. The minimum Gasteiger partial charge on any atom is -0.361 e. The Balaban J connectivity index is 1.92. The minimum absolute atomic E-state index is 0.000923. The molecule has 0 spiro atoms. The van der Waals surface area contributed by atoms with Crippen molar-refractivity contribution in [2.24, 2.45) is 0 Å². The van der Waals surface area contributed by atoms with Gasteiger partial charge in [-0.15, -0.1) is 11.3 Å². The second-order valence-corrected chi connectivity index (χ2v) is 5.19. The van der Waals surface area contributed by atoms with E-state index in [2.05, 4.69) is 10.1 Å². The summed E-state index contributed by atoms with van der Waals surface area (Å²) >= 11 is 1.56. The van der Waals surface area contributed by atoms with Crippen molar-refractivity contribution < 1.29 is 9.32 Å². The first-order valence-electron chi connectivity index (χ1n) is 5.62. The third-order valence-corrected chi connectivity index (χ3v) is 3.42. The molecule has 2 rings (SSSR count). The maximum Gasteiger partial charge on any atom is 0.230 e. The Bertz CT molecular complexity index is 547. The summed E-state index contributed by atoms with van der Waals surface area (Å²) in [6.07, 6.45) is 0.238. The highest BCUT2D eigenvalue weighted by atomic mass is 32.1. The summed E-state index contributed by atoms with van der Waals surface area (Å²) in [4.78, 5) is 17.9. The smallest absolute Gasteiger partial charge is 0.230 e. The Hall–Kier alpha value is -1.69. The summed E-state index contributed by atoms with van der Waals surface area (Å²) in [6, 6.07) is 1.78. The zero-order valence-corrected chi connectivity index (χ0v) is 11.5. The predicted molar refractivity (Wildman–Crippen MR) is 68.3 cm³/mol. The van der Waals surface area contributed by atoms with Crippen molar-refractivity contribution in [3.8, 4) is 0 Å². The maximum absolute atomic E-state index is 11.9. The van der Waals surface area contributed by atoms with E-state index < -0.39 is 0 Å². The molecule has 2 heterocycles. The Morgan fingerprint density at radius 2 is 2.22 bits per heavy atom. The number of rotatable bonds is 4. The molecule has 1 amide bonds. The molecule has 0 bridgehead atoms. The van der Waals surface area contributed by atoms with E-state index in [1.165, 1.54) is 0 Å². The van der Waals surface area contributed by atoms with Crippen molar-refractivity contribution in [3.05, 3.63) is 33.6 Å². The number of carbonyl (C=O) groups excluding carboxylic acids is 1. The van der Waals surface area contributed by atoms with Crippen LogP contribution in [0.15, 0.2) is 16.0 Å². The molecule has 0 fully saturated rings. The van der Waals surface area contributed by atoms with Crippen LogP contribution in [0.3, 0.4) is 0 Å². The number of amides is 1. The highest BCUT2D eigenvalue weighted by Crippen LogP contribution is 2.12. The summed E-state index contributed by atoms with van der Waals surface area (Å²) in [5.74, 6) is 0.596. The molecule has 0 aliphatic carbocycles. The first-order valence-corrected chi connectivity index (χ1v) is 6.49. The first kappa shape index (κ1) is 12.8. The van der Waals surface area contributed by atoms with Gasteiger partial charge in [0.25, 0.3) is 0 Å². The van der Waals surface area contributed by atoms with Crippen LogP contribution in [0.1, 0.15) is 22.2 Å². The quantitative estimate of drug-likeness (QED) is 0.847. The van der Waals surface area contributed by atoms with Gasteiger partial charge in [0.15, 0.2) is 0 Å².